The van der Waals surface area contributed by atoms with E-state index in [0.717, 1.165) is 0 Å². The third-order valence-corrected chi connectivity index (χ3v) is 2.65. The second-order valence-corrected chi connectivity index (χ2v) is 4.49. The van der Waals surface area contributed by atoms with E-state index < -0.39 is 0 Å². The van der Waals surface area contributed by atoms with Crippen molar-refractivity contribution in [3.05, 3.63) is 35.9 Å². The Bertz CT molecular complexity index is 281. The lowest BCUT2D eigenvalue weighted by Crippen LogP contribution is -2.43. The van der Waals surface area contributed by atoms with Crippen molar-refractivity contribution in [1.82, 2.24) is 4.90 Å². The number of hydrogen-bond donors (Lipinski definition) is 1. The molecule has 1 unspecified atom stereocenters. The summed E-state index contributed by atoms with van der Waals surface area (Å²) >= 11 is 0. The summed E-state index contributed by atoms with van der Waals surface area (Å²) in [7, 11) is 0. The van der Waals surface area contributed by atoms with Gasteiger partial charge in [-0.2, -0.15) is 0 Å². The Labute approximate surface area is 117 Å². The molecule has 17 heavy (non-hydrogen) atoms. The first-order chi connectivity index (χ1) is 7.04. The van der Waals surface area contributed by atoms with Crippen LogP contribution in [-0.2, 0) is 0 Å². The lowest BCUT2D eigenvalue weighted by molar-refractivity contribution is 0.115. The zero-order valence-corrected chi connectivity index (χ0v) is 12.6. The highest BCUT2D eigenvalue weighted by atomic mass is 35.5. The van der Waals surface area contributed by atoms with Crippen LogP contribution in [0.25, 0.3) is 0 Å². The Morgan fingerprint density at radius 1 is 0.882 bits per heavy atom. The van der Waals surface area contributed by atoms with Gasteiger partial charge in [-0.05, 0) is 33.3 Å². The predicted molar refractivity (Wildman–Crippen MR) is 80.0 cm³/mol. The number of benzene rings is 1. The van der Waals surface area contributed by atoms with Crippen LogP contribution >= 0.6 is 24.8 Å². The van der Waals surface area contributed by atoms with Crippen LogP contribution in [0.3, 0.4) is 0 Å². The Balaban J connectivity index is 0. The quantitative estimate of drug-likeness (QED) is 0.853. The van der Waals surface area contributed by atoms with E-state index in [0.29, 0.717) is 12.1 Å². The SMILES string of the molecule is CC(C)N(C(C)C)C(N)c1ccccc1.Cl.Cl. The fraction of sp³-hybridized carbons (Fsp3) is 0.538. The van der Waals surface area contributed by atoms with Gasteiger partial charge in [-0.1, -0.05) is 30.3 Å². The predicted octanol–water partition coefficient (Wildman–Crippen LogP) is 3.61. The molecule has 0 aliphatic heterocycles. The molecule has 0 spiro atoms. The molecule has 0 fully saturated rings. The molecule has 0 amide bonds. The fourth-order valence-corrected chi connectivity index (χ4v) is 2.06. The smallest absolute Gasteiger partial charge is 0.0839 e. The first-order valence-electron chi connectivity index (χ1n) is 5.62. The van der Waals surface area contributed by atoms with E-state index in [-0.39, 0.29) is 31.0 Å². The minimum Gasteiger partial charge on any atom is -0.312 e. The van der Waals surface area contributed by atoms with Crippen LogP contribution in [0, 0.1) is 0 Å². The van der Waals surface area contributed by atoms with Gasteiger partial charge in [0, 0.05) is 12.1 Å². The number of rotatable bonds is 4. The Kier molecular flexibility index (Phi) is 9.82. The molecule has 2 nitrogen and oxygen atoms in total. The second kappa shape index (κ2) is 8.76. The van der Waals surface area contributed by atoms with Gasteiger partial charge < -0.3 is 5.73 Å². The second-order valence-electron chi connectivity index (χ2n) is 4.49. The maximum Gasteiger partial charge on any atom is 0.0839 e. The van der Waals surface area contributed by atoms with Gasteiger partial charge in [-0.15, -0.1) is 24.8 Å². The lowest BCUT2D eigenvalue weighted by atomic mass is 10.1. The van der Waals surface area contributed by atoms with Gasteiger partial charge >= 0.3 is 0 Å². The van der Waals surface area contributed by atoms with Gasteiger partial charge in [0.15, 0.2) is 0 Å². The lowest BCUT2D eigenvalue weighted by Gasteiger charge is -2.36. The summed E-state index contributed by atoms with van der Waals surface area (Å²) < 4.78 is 0. The number of nitrogens with zero attached hydrogens (tertiary/aromatic N) is 1. The molecule has 0 aliphatic carbocycles. The number of hydrogen-bond acceptors (Lipinski definition) is 2. The molecular weight excluding hydrogens is 255 g/mol. The zero-order chi connectivity index (χ0) is 11.4. The van der Waals surface area contributed by atoms with E-state index in [2.05, 4.69) is 44.7 Å². The van der Waals surface area contributed by atoms with E-state index in [9.17, 15) is 0 Å². The Morgan fingerprint density at radius 3 is 1.65 bits per heavy atom. The van der Waals surface area contributed by atoms with E-state index in [4.69, 9.17) is 5.73 Å². The first kappa shape index (κ1) is 19.1. The van der Waals surface area contributed by atoms with E-state index in [1.54, 1.807) is 0 Å². The normalized spacial score (nSPS) is 12.2. The van der Waals surface area contributed by atoms with Gasteiger partial charge in [0.25, 0.3) is 0 Å². The Morgan fingerprint density at radius 2 is 1.29 bits per heavy atom. The molecule has 0 aromatic heterocycles. The molecule has 100 valence electrons. The largest absolute Gasteiger partial charge is 0.312 e. The molecule has 1 atom stereocenters. The highest BCUT2D eigenvalue weighted by molar-refractivity contribution is 5.85. The van der Waals surface area contributed by atoms with Crippen LogP contribution in [0.5, 0.6) is 0 Å². The minimum atomic E-state index is -0.00815. The van der Waals surface area contributed by atoms with Crippen LogP contribution < -0.4 is 5.73 Å². The van der Waals surface area contributed by atoms with Crippen LogP contribution in [-0.4, -0.2) is 17.0 Å². The molecule has 0 saturated carbocycles. The van der Waals surface area contributed by atoms with E-state index in [1.807, 2.05) is 18.2 Å². The summed E-state index contributed by atoms with van der Waals surface area (Å²) in [4.78, 5) is 2.31. The molecule has 4 heteroatoms. The first-order valence-corrected chi connectivity index (χ1v) is 5.62. The molecule has 0 heterocycles. The summed E-state index contributed by atoms with van der Waals surface area (Å²) in [6.45, 7) is 8.73. The summed E-state index contributed by atoms with van der Waals surface area (Å²) in [5.74, 6) is 0. The van der Waals surface area contributed by atoms with E-state index >= 15 is 0 Å². The minimum absolute atomic E-state index is 0. The van der Waals surface area contributed by atoms with Crippen LogP contribution in [0.2, 0.25) is 0 Å². The van der Waals surface area contributed by atoms with Crippen LogP contribution in [0.15, 0.2) is 30.3 Å². The topological polar surface area (TPSA) is 29.3 Å². The molecule has 0 aliphatic rings. The van der Waals surface area contributed by atoms with Gasteiger partial charge in [0.1, 0.15) is 0 Å². The third kappa shape index (κ3) is 5.26. The monoisotopic (exact) mass is 278 g/mol. The maximum absolute atomic E-state index is 6.27. The highest BCUT2D eigenvalue weighted by Gasteiger charge is 2.21. The number of halogens is 2. The van der Waals surface area contributed by atoms with E-state index in [1.165, 1.54) is 5.56 Å². The molecule has 0 bridgehead atoms. The maximum atomic E-state index is 6.27. The van der Waals surface area contributed by atoms with Gasteiger partial charge in [-0.25, -0.2) is 0 Å². The molecule has 1 aromatic carbocycles. The molecule has 0 radical (unpaired) electrons. The van der Waals surface area contributed by atoms with Crippen molar-refractivity contribution < 1.29 is 0 Å². The van der Waals surface area contributed by atoms with Gasteiger partial charge in [0.2, 0.25) is 0 Å². The number of nitrogens with two attached hydrogens (primary N) is 1. The summed E-state index contributed by atoms with van der Waals surface area (Å²) in [5.41, 5.74) is 7.45. The zero-order valence-electron chi connectivity index (χ0n) is 11.0. The van der Waals surface area contributed by atoms with Gasteiger partial charge in [0.05, 0.1) is 6.17 Å². The van der Waals surface area contributed by atoms with Crippen molar-refractivity contribution in [2.45, 2.75) is 45.9 Å². The van der Waals surface area contributed by atoms with Crippen molar-refractivity contribution >= 4 is 24.8 Å². The van der Waals surface area contributed by atoms with Crippen molar-refractivity contribution in [3.8, 4) is 0 Å². The molecule has 2 N–H and O–H groups in total. The van der Waals surface area contributed by atoms with Crippen molar-refractivity contribution in [2.75, 3.05) is 0 Å². The molecule has 1 aromatic rings. The average Bonchev–Trinajstić information content (AvgIpc) is 2.18. The Hall–Kier alpha value is -0.280. The van der Waals surface area contributed by atoms with Gasteiger partial charge in [-0.3, -0.25) is 4.90 Å². The summed E-state index contributed by atoms with van der Waals surface area (Å²) in [5, 5.41) is 0. The van der Waals surface area contributed by atoms with Crippen LogP contribution in [0.1, 0.15) is 39.4 Å². The highest BCUT2D eigenvalue weighted by Crippen LogP contribution is 2.20. The van der Waals surface area contributed by atoms with Crippen molar-refractivity contribution in [3.63, 3.8) is 0 Å². The summed E-state index contributed by atoms with van der Waals surface area (Å²) in [6.07, 6.45) is -0.00815. The van der Waals surface area contributed by atoms with Crippen molar-refractivity contribution in [1.29, 1.82) is 0 Å². The third-order valence-electron chi connectivity index (χ3n) is 2.65. The average molecular weight is 279 g/mol. The van der Waals surface area contributed by atoms with Crippen LogP contribution in [0.4, 0.5) is 0 Å². The standard InChI is InChI=1S/C13H22N2.2ClH/c1-10(2)15(11(3)4)13(14)12-8-6-5-7-9-12;;/h5-11,13H,14H2,1-4H3;2*1H. The summed E-state index contributed by atoms with van der Waals surface area (Å²) in [6, 6.07) is 11.2. The fourth-order valence-electron chi connectivity index (χ4n) is 2.06. The molecule has 0 saturated heterocycles. The van der Waals surface area contributed by atoms with Crippen molar-refractivity contribution in [2.24, 2.45) is 5.73 Å². The molecule has 1 rings (SSSR count). The molecular formula is C13H24Cl2N2.